The molecule has 2 nitrogen and oxygen atoms in total. The molecule has 3 heteroatoms. The smallest absolute Gasteiger partial charge is 0.149 e. The highest BCUT2D eigenvalue weighted by atomic mass is 19.1. The predicted octanol–water partition coefficient (Wildman–Crippen LogP) is 3.20. The fourth-order valence-electron chi connectivity index (χ4n) is 1.62. The molecule has 0 bridgehead atoms. The van der Waals surface area contributed by atoms with E-state index in [0.29, 0.717) is 5.69 Å². The van der Waals surface area contributed by atoms with Gasteiger partial charge in [0.2, 0.25) is 0 Å². The van der Waals surface area contributed by atoms with Gasteiger partial charge in [-0.2, -0.15) is 0 Å². The molecule has 0 aliphatic heterocycles. The Morgan fingerprint density at radius 1 is 1.25 bits per heavy atom. The summed E-state index contributed by atoms with van der Waals surface area (Å²) < 4.78 is 18.6. The highest BCUT2D eigenvalue weighted by Gasteiger charge is 2.07. The van der Waals surface area contributed by atoms with Crippen LogP contribution in [0.3, 0.4) is 0 Å². The summed E-state index contributed by atoms with van der Waals surface area (Å²) in [6.07, 6.45) is 1.58. The third-order valence-electron chi connectivity index (χ3n) is 2.43. The molecule has 0 fully saturated rings. The van der Waals surface area contributed by atoms with Crippen LogP contribution in [0.1, 0.15) is 5.56 Å². The quantitative estimate of drug-likeness (QED) is 0.770. The first kappa shape index (κ1) is 10.6. The fraction of sp³-hybridized carbons (Fsp3) is 0.154. The molecular formula is C13H12FNO. The van der Waals surface area contributed by atoms with Gasteiger partial charge in [0, 0.05) is 11.8 Å². The highest BCUT2D eigenvalue weighted by molar-refractivity contribution is 5.62. The van der Waals surface area contributed by atoms with Gasteiger partial charge < -0.3 is 4.74 Å². The van der Waals surface area contributed by atoms with Gasteiger partial charge in [0.25, 0.3) is 0 Å². The standard InChI is InChI=1S/C13H12FNO/c1-9-8-10(5-6-12(9)16-2)13-11(14)4-3-7-15-13/h3-8H,1-2H3. The van der Waals surface area contributed by atoms with Crippen LogP contribution in [0.25, 0.3) is 11.3 Å². The number of nitrogens with zero attached hydrogens (tertiary/aromatic N) is 1. The van der Waals surface area contributed by atoms with Crippen LogP contribution in [0.5, 0.6) is 5.75 Å². The van der Waals surface area contributed by atoms with E-state index in [4.69, 9.17) is 4.74 Å². The van der Waals surface area contributed by atoms with E-state index in [1.807, 2.05) is 19.1 Å². The zero-order valence-corrected chi connectivity index (χ0v) is 9.20. The molecule has 1 aromatic heterocycles. The van der Waals surface area contributed by atoms with Gasteiger partial charge in [-0.15, -0.1) is 0 Å². The maximum Gasteiger partial charge on any atom is 0.149 e. The summed E-state index contributed by atoms with van der Waals surface area (Å²) in [5.41, 5.74) is 2.09. The normalized spacial score (nSPS) is 10.2. The van der Waals surface area contributed by atoms with Crippen molar-refractivity contribution in [3.8, 4) is 17.0 Å². The first-order chi connectivity index (χ1) is 7.72. The van der Waals surface area contributed by atoms with Crippen molar-refractivity contribution in [2.75, 3.05) is 7.11 Å². The Balaban J connectivity index is 2.50. The predicted molar refractivity (Wildman–Crippen MR) is 60.9 cm³/mol. The van der Waals surface area contributed by atoms with Gasteiger partial charge in [0.1, 0.15) is 17.3 Å². The summed E-state index contributed by atoms with van der Waals surface area (Å²) in [5.74, 6) is 0.479. The van der Waals surface area contributed by atoms with Gasteiger partial charge in [0.15, 0.2) is 0 Å². The minimum Gasteiger partial charge on any atom is -0.496 e. The number of benzene rings is 1. The molecule has 0 amide bonds. The van der Waals surface area contributed by atoms with Crippen LogP contribution in [0.15, 0.2) is 36.5 Å². The second-order valence-electron chi connectivity index (χ2n) is 3.52. The molecule has 0 saturated carbocycles. The molecule has 1 aromatic carbocycles. The minimum absolute atomic E-state index is 0.313. The average molecular weight is 217 g/mol. The number of pyridine rings is 1. The van der Waals surface area contributed by atoms with Gasteiger partial charge in [-0.3, -0.25) is 4.98 Å². The lowest BCUT2D eigenvalue weighted by molar-refractivity contribution is 0.412. The lowest BCUT2D eigenvalue weighted by Crippen LogP contribution is -1.91. The molecule has 0 radical (unpaired) electrons. The van der Waals surface area contributed by atoms with Gasteiger partial charge in [-0.25, -0.2) is 4.39 Å². The van der Waals surface area contributed by atoms with Crippen LogP contribution >= 0.6 is 0 Å². The molecule has 82 valence electrons. The van der Waals surface area contributed by atoms with Crippen molar-refractivity contribution >= 4 is 0 Å². The second kappa shape index (κ2) is 4.31. The van der Waals surface area contributed by atoms with Crippen molar-refractivity contribution in [2.24, 2.45) is 0 Å². The molecule has 0 unspecified atom stereocenters. The van der Waals surface area contributed by atoms with Gasteiger partial charge in [-0.1, -0.05) is 0 Å². The van der Waals surface area contributed by atoms with E-state index in [9.17, 15) is 4.39 Å². The minimum atomic E-state index is -0.313. The van der Waals surface area contributed by atoms with Crippen LogP contribution in [0.2, 0.25) is 0 Å². The molecule has 0 aliphatic carbocycles. The van der Waals surface area contributed by atoms with Crippen molar-refractivity contribution in [3.05, 3.63) is 47.9 Å². The van der Waals surface area contributed by atoms with Crippen molar-refractivity contribution < 1.29 is 9.13 Å². The maximum atomic E-state index is 13.5. The summed E-state index contributed by atoms with van der Waals surface area (Å²) in [6, 6.07) is 8.47. The summed E-state index contributed by atoms with van der Waals surface area (Å²) in [6.45, 7) is 1.92. The zero-order valence-electron chi connectivity index (χ0n) is 9.20. The third-order valence-corrected chi connectivity index (χ3v) is 2.43. The average Bonchev–Trinajstić information content (AvgIpc) is 2.29. The molecule has 0 N–H and O–H groups in total. The number of ether oxygens (including phenoxy) is 1. The number of aromatic nitrogens is 1. The van der Waals surface area contributed by atoms with Crippen LogP contribution in [0, 0.1) is 12.7 Å². The number of rotatable bonds is 2. The molecule has 16 heavy (non-hydrogen) atoms. The maximum absolute atomic E-state index is 13.5. The van der Waals surface area contributed by atoms with Crippen LogP contribution in [-0.4, -0.2) is 12.1 Å². The van der Waals surface area contributed by atoms with E-state index in [0.717, 1.165) is 16.9 Å². The van der Waals surface area contributed by atoms with Gasteiger partial charge >= 0.3 is 0 Å². The number of methoxy groups -OCH3 is 1. The highest BCUT2D eigenvalue weighted by Crippen LogP contribution is 2.26. The van der Waals surface area contributed by atoms with Crippen LogP contribution in [-0.2, 0) is 0 Å². The Labute approximate surface area is 93.7 Å². The van der Waals surface area contributed by atoms with Crippen molar-refractivity contribution in [2.45, 2.75) is 6.92 Å². The van der Waals surface area contributed by atoms with Crippen molar-refractivity contribution in [1.29, 1.82) is 0 Å². The van der Waals surface area contributed by atoms with Crippen molar-refractivity contribution in [1.82, 2.24) is 4.98 Å². The molecule has 0 spiro atoms. The second-order valence-corrected chi connectivity index (χ2v) is 3.52. The summed E-state index contributed by atoms with van der Waals surface area (Å²) in [5, 5.41) is 0. The zero-order chi connectivity index (χ0) is 11.5. The fourth-order valence-corrected chi connectivity index (χ4v) is 1.62. The summed E-state index contributed by atoms with van der Waals surface area (Å²) >= 11 is 0. The largest absolute Gasteiger partial charge is 0.496 e. The number of hydrogen-bond acceptors (Lipinski definition) is 2. The van der Waals surface area contributed by atoms with E-state index in [2.05, 4.69) is 4.98 Å². The molecule has 0 atom stereocenters. The third kappa shape index (κ3) is 1.89. The van der Waals surface area contributed by atoms with E-state index < -0.39 is 0 Å². The monoisotopic (exact) mass is 217 g/mol. The topological polar surface area (TPSA) is 22.1 Å². The molecule has 1 heterocycles. The van der Waals surface area contributed by atoms with E-state index in [1.165, 1.54) is 6.07 Å². The summed E-state index contributed by atoms with van der Waals surface area (Å²) in [4.78, 5) is 4.03. The van der Waals surface area contributed by atoms with E-state index in [-0.39, 0.29) is 5.82 Å². The van der Waals surface area contributed by atoms with Gasteiger partial charge in [0.05, 0.1) is 7.11 Å². The van der Waals surface area contributed by atoms with E-state index >= 15 is 0 Å². The SMILES string of the molecule is COc1ccc(-c2ncccc2F)cc1C. The Bertz CT molecular complexity index is 511. The van der Waals surface area contributed by atoms with Crippen LogP contribution in [0.4, 0.5) is 4.39 Å². The molecule has 2 rings (SSSR count). The van der Waals surface area contributed by atoms with Crippen LogP contribution < -0.4 is 4.74 Å². The van der Waals surface area contributed by atoms with E-state index in [1.54, 1.807) is 25.4 Å². The van der Waals surface area contributed by atoms with Crippen molar-refractivity contribution in [3.63, 3.8) is 0 Å². The number of hydrogen-bond donors (Lipinski definition) is 0. The molecular weight excluding hydrogens is 205 g/mol. The van der Waals surface area contributed by atoms with Gasteiger partial charge in [-0.05, 0) is 42.8 Å². The molecule has 2 aromatic rings. The molecule has 0 aliphatic rings. The Hall–Kier alpha value is -1.90. The Kier molecular flexibility index (Phi) is 2.86. The Morgan fingerprint density at radius 2 is 2.06 bits per heavy atom. The Morgan fingerprint density at radius 3 is 2.69 bits per heavy atom. The lowest BCUT2D eigenvalue weighted by atomic mass is 10.1. The number of aryl methyl sites for hydroxylation is 1. The first-order valence-electron chi connectivity index (χ1n) is 4.98. The number of halogens is 1. The summed E-state index contributed by atoms with van der Waals surface area (Å²) in [7, 11) is 1.61. The lowest BCUT2D eigenvalue weighted by Gasteiger charge is -2.07. The molecule has 0 saturated heterocycles. The first-order valence-corrected chi connectivity index (χ1v) is 4.98.